The lowest BCUT2D eigenvalue weighted by Crippen LogP contribution is -2.13. The third-order valence-electron chi connectivity index (χ3n) is 2.82. The van der Waals surface area contributed by atoms with Crippen molar-refractivity contribution in [3.05, 3.63) is 53.6 Å². The molecule has 0 amide bonds. The first-order valence-corrected chi connectivity index (χ1v) is 7.42. The summed E-state index contributed by atoms with van der Waals surface area (Å²) in [5, 5.41) is 7.90. The van der Waals surface area contributed by atoms with Crippen LogP contribution in [0.4, 0.5) is 20.2 Å². The second-order valence-corrected chi connectivity index (χ2v) is 5.96. The number of hydrogen-bond donors (Lipinski definition) is 3. The summed E-state index contributed by atoms with van der Waals surface area (Å²) in [6, 6.07) is 7.51. The van der Waals surface area contributed by atoms with E-state index in [2.05, 4.69) is 5.32 Å². The summed E-state index contributed by atoms with van der Waals surface area (Å²) in [5.41, 5.74) is 6.89. The van der Waals surface area contributed by atoms with Gasteiger partial charge in [0.1, 0.15) is 0 Å². The molecule has 112 valence electrons. The largest absolute Gasteiger partial charge is 0.397 e. The second kappa shape index (κ2) is 5.66. The number of sulfonamides is 1. The van der Waals surface area contributed by atoms with Crippen molar-refractivity contribution in [1.29, 1.82) is 0 Å². The van der Waals surface area contributed by atoms with E-state index in [4.69, 9.17) is 10.9 Å². The Kier molecular flexibility index (Phi) is 4.10. The zero-order valence-electron chi connectivity index (χ0n) is 10.8. The maximum Gasteiger partial charge on any atom is 0.238 e. The minimum Gasteiger partial charge on any atom is -0.397 e. The number of primary sulfonamides is 1. The number of nitrogen functional groups attached to an aromatic ring is 1. The molecule has 0 unspecified atom stereocenters. The van der Waals surface area contributed by atoms with E-state index in [1.165, 1.54) is 24.3 Å². The second-order valence-electron chi connectivity index (χ2n) is 4.40. The van der Waals surface area contributed by atoms with E-state index in [0.29, 0.717) is 11.3 Å². The van der Waals surface area contributed by atoms with Crippen molar-refractivity contribution in [2.45, 2.75) is 11.4 Å². The molecule has 0 fully saturated rings. The van der Waals surface area contributed by atoms with Gasteiger partial charge in [-0.2, -0.15) is 0 Å². The Morgan fingerprint density at radius 1 is 1.05 bits per heavy atom. The van der Waals surface area contributed by atoms with E-state index in [-0.39, 0.29) is 17.1 Å². The van der Waals surface area contributed by atoms with E-state index < -0.39 is 21.7 Å². The van der Waals surface area contributed by atoms with Crippen LogP contribution in [-0.4, -0.2) is 8.42 Å². The fourth-order valence-corrected chi connectivity index (χ4v) is 2.27. The van der Waals surface area contributed by atoms with Crippen LogP contribution in [-0.2, 0) is 16.6 Å². The summed E-state index contributed by atoms with van der Waals surface area (Å²) in [6.45, 7) is 0.204. The Morgan fingerprint density at radius 2 is 1.76 bits per heavy atom. The third kappa shape index (κ3) is 3.67. The van der Waals surface area contributed by atoms with Crippen LogP contribution < -0.4 is 16.2 Å². The predicted molar refractivity (Wildman–Crippen MR) is 75.9 cm³/mol. The Bertz CT molecular complexity index is 779. The Morgan fingerprint density at radius 3 is 2.33 bits per heavy atom. The van der Waals surface area contributed by atoms with Crippen LogP contribution in [0.15, 0.2) is 41.3 Å². The van der Waals surface area contributed by atoms with Crippen molar-refractivity contribution in [3.63, 3.8) is 0 Å². The van der Waals surface area contributed by atoms with E-state index in [0.717, 1.165) is 12.1 Å². The van der Waals surface area contributed by atoms with Crippen LogP contribution in [0.1, 0.15) is 5.56 Å². The SMILES string of the molecule is Nc1cc(S(N)(=O)=O)ccc1NCc1ccc(F)c(F)c1. The molecule has 2 aromatic carbocycles. The van der Waals surface area contributed by atoms with Crippen LogP contribution in [0.5, 0.6) is 0 Å². The lowest BCUT2D eigenvalue weighted by Gasteiger charge is -2.10. The van der Waals surface area contributed by atoms with Crippen molar-refractivity contribution in [1.82, 2.24) is 0 Å². The first-order chi connectivity index (χ1) is 9.77. The summed E-state index contributed by atoms with van der Waals surface area (Å²) in [6.07, 6.45) is 0. The Labute approximate surface area is 120 Å². The van der Waals surface area contributed by atoms with Gasteiger partial charge >= 0.3 is 0 Å². The number of nitrogens with two attached hydrogens (primary N) is 2. The van der Waals surface area contributed by atoms with Gasteiger partial charge in [0.2, 0.25) is 10.0 Å². The Balaban J connectivity index is 2.15. The summed E-state index contributed by atoms with van der Waals surface area (Å²) in [4.78, 5) is -0.0987. The number of rotatable bonds is 4. The standard InChI is InChI=1S/C13H13F2N3O2S/c14-10-3-1-8(5-11(10)15)7-18-13-4-2-9(6-12(13)16)21(17,19)20/h1-6,18H,7,16H2,(H2,17,19,20). The molecule has 0 heterocycles. The van der Waals surface area contributed by atoms with Gasteiger partial charge in [-0.15, -0.1) is 0 Å². The molecule has 0 radical (unpaired) electrons. The lowest BCUT2D eigenvalue weighted by atomic mass is 10.2. The number of anilines is 2. The van der Waals surface area contributed by atoms with Gasteiger partial charge in [0.05, 0.1) is 16.3 Å². The molecule has 0 aliphatic rings. The normalized spacial score (nSPS) is 11.4. The molecule has 0 aliphatic carbocycles. The summed E-state index contributed by atoms with van der Waals surface area (Å²) < 4.78 is 48.2. The van der Waals surface area contributed by atoms with Crippen LogP contribution in [0, 0.1) is 11.6 Å². The molecule has 5 N–H and O–H groups in total. The molecule has 0 atom stereocenters. The number of benzene rings is 2. The van der Waals surface area contributed by atoms with Gasteiger partial charge < -0.3 is 11.1 Å². The lowest BCUT2D eigenvalue weighted by molar-refractivity contribution is 0.507. The van der Waals surface area contributed by atoms with Crippen molar-refractivity contribution in [2.24, 2.45) is 5.14 Å². The van der Waals surface area contributed by atoms with Gasteiger partial charge in [-0.25, -0.2) is 22.3 Å². The third-order valence-corrected chi connectivity index (χ3v) is 3.73. The predicted octanol–water partition coefficient (Wildman–Crippen LogP) is 1.81. The number of halogens is 2. The van der Waals surface area contributed by atoms with Crippen molar-refractivity contribution in [3.8, 4) is 0 Å². The molecule has 0 aliphatic heterocycles. The van der Waals surface area contributed by atoms with Gasteiger partial charge in [0.15, 0.2) is 11.6 Å². The summed E-state index contributed by atoms with van der Waals surface area (Å²) in [5.74, 6) is -1.86. The van der Waals surface area contributed by atoms with Crippen molar-refractivity contribution < 1.29 is 17.2 Å². The highest BCUT2D eigenvalue weighted by molar-refractivity contribution is 7.89. The minimum absolute atomic E-state index is 0.0987. The topological polar surface area (TPSA) is 98.2 Å². The first kappa shape index (κ1) is 15.2. The van der Waals surface area contributed by atoms with Crippen LogP contribution >= 0.6 is 0 Å². The van der Waals surface area contributed by atoms with Gasteiger partial charge in [0.25, 0.3) is 0 Å². The summed E-state index contributed by atoms with van der Waals surface area (Å²) in [7, 11) is -3.82. The monoisotopic (exact) mass is 313 g/mol. The van der Waals surface area contributed by atoms with Crippen molar-refractivity contribution in [2.75, 3.05) is 11.1 Å². The number of nitrogens with one attached hydrogen (secondary N) is 1. The van der Waals surface area contributed by atoms with Gasteiger partial charge in [-0.1, -0.05) is 6.07 Å². The van der Waals surface area contributed by atoms with Crippen LogP contribution in [0.25, 0.3) is 0 Å². The van der Waals surface area contributed by atoms with Gasteiger partial charge in [-0.05, 0) is 35.9 Å². The fourth-order valence-electron chi connectivity index (χ4n) is 1.73. The van der Waals surface area contributed by atoms with Gasteiger partial charge in [-0.3, -0.25) is 0 Å². The highest BCUT2D eigenvalue weighted by Gasteiger charge is 2.10. The zero-order chi connectivity index (χ0) is 15.6. The molecule has 0 bridgehead atoms. The molecule has 0 saturated heterocycles. The minimum atomic E-state index is -3.82. The van der Waals surface area contributed by atoms with E-state index in [1.54, 1.807) is 0 Å². The fraction of sp³-hybridized carbons (Fsp3) is 0.0769. The first-order valence-electron chi connectivity index (χ1n) is 5.87. The highest BCUT2D eigenvalue weighted by atomic mass is 32.2. The zero-order valence-corrected chi connectivity index (χ0v) is 11.6. The molecule has 2 aromatic rings. The molecule has 2 rings (SSSR count). The average Bonchev–Trinajstić information content (AvgIpc) is 2.40. The van der Waals surface area contributed by atoms with E-state index in [1.807, 2.05) is 0 Å². The van der Waals surface area contributed by atoms with Crippen LogP contribution in [0.2, 0.25) is 0 Å². The van der Waals surface area contributed by atoms with Crippen LogP contribution in [0.3, 0.4) is 0 Å². The molecule has 0 spiro atoms. The molecule has 0 aromatic heterocycles. The molecular formula is C13H13F2N3O2S. The van der Waals surface area contributed by atoms with Gasteiger partial charge in [0, 0.05) is 6.54 Å². The van der Waals surface area contributed by atoms with E-state index in [9.17, 15) is 17.2 Å². The quantitative estimate of drug-likeness (QED) is 0.750. The molecular weight excluding hydrogens is 300 g/mol. The smallest absolute Gasteiger partial charge is 0.238 e. The molecule has 5 nitrogen and oxygen atoms in total. The molecule has 21 heavy (non-hydrogen) atoms. The van der Waals surface area contributed by atoms with E-state index >= 15 is 0 Å². The summed E-state index contributed by atoms with van der Waals surface area (Å²) >= 11 is 0. The molecule has 8 heteroatoms. The average molecular weight is 313 g/mol. The number of hydrogen-bond acceptors (Lipinski definition) is 4. The highest BCUT2D eigenvalue weighted by Crippen LogP contribution is 2.22. The van der Waals surface area contributed by atoms with Crippen molar-refractivity contribution >= 4 is 21.4 Å². The molecule has 0 saturated carbocycles. The maximum absolute atomic E-state index is 13.1. The Hall–Kier alpha value is -2.19. The maximum atomic E-state index is 13.1.